The third-order valence-corrected chi connectivity index (χ3v) is 2.29. The lowest BCUT2D eigenvalue weighted by Gasteiger charge is -1.88. The fraction of sp³-hybridized carbons (Fsp3) is 0.125. The van der Waals surface area contributed by atoms with Crippen molar-refractivity contribution in [2.24, 2.45) is 5.10 Å². The maximum atomic E-state index is 3.91. The molecule has 0 saturated heterocycles. The quantitative estimate of drug-likeness (QED) is 0.671. The molecule has 0 aromatic carbocycles. The van der Waals surface area contributed by atoms with Crippen molar-refractivity contribution in [3.8, 4) is 0 Å². The van der Waals surface area contributed by atoms with Gasteiger partial charge >= 0.3 is 0 Å². The van der Waals surface area contributed by atoms with Gasteiger partial charge in [0, 0.05) is 4.88 Å². The minimum absolute atomic E-state index is 0.859. The number of hydrogen-bond donors (Lipinski definition) is 1. The fourth-order valence-corrected chi connectivity index (χ4v) is 1.65. The van der Waals surface area contributed by atoms with E-state index in [0.717, 1.165) is 6.54 Å². The topological polar surface area (TPSA) is 24.4 Å². The Morgan fingerprint density at radius 2 is 2.64 bits per heavy atom. The molecular weight excluding hydrogens is 156 g/mol. The lowest BCUT2D eigenvalue weighted by Crippen LogP contribution is -1.99. The van der Waals surface area contributed by atoms with Crippen molar-refractivity contribution >= 4 is 23.6 Å². The molecule has 0 unspecified atom stereocenters. The molecule has 0 atom stereocenters. The van der Waals surface area contributed by atoms with Crippen molar-refractivity contribution in [2.75, 3.05) is 6.54 Å². The first-order valence-corrected chi connectivity index (χ1v) is 4.33. The third kappa shape index (κ3) is 1.49. The summed E-state index contributed by atoms with van der Waals surface area (Å²) in [6.45, 7) is 0.859. The monoisotopic (exact) mass is 164 g/mol. The maximum absolute atomic E-state index is 3.91. The Morgan fingerprint density at radius 1 is 1.64 bits per heavy atom. The van der Waals surface area contributed by atoms with Gasteiger partial charge in [-0.05, 0) is 23.1 Å². The lowest BCUT2D eigenvalue weighted by molar-refractivity contribution is 0.858. The molecule has 0 saturated carbocycles. The zero-order valence-corrected chi connectivity index (χ0v) is 6.77. The van der Waals surface area contributed by atoms with Crippen molar-refractivity contribution in [3.05, 3.63) is 28.0 Å². The summed E-state index contributed by atoms with van der Waals surface area (Å²) in [6, 6.07) is 4.15. The minimum Gasteiger partial charge on any atom is -0.306 e. The van der Waals surface area contributed by atoms with Gasteiger partial charge in [0.25, 0.3) is 0 Å². The SMILES string of the molecule is C1=NNCC1=Cc1cccs1. The zero-order valence-electron chi connectivity index (χ0n) is 5.95. The Labute approximate surface area is 69.3 Å². The molecular formula is C8H8N2S. The van der Waals surface area contributed by atoms with Gasteiger partial charge < -0.3 is 5.43 Å². The summed E-state index contributed by atoms with van der Waals surface area (Å²) in [7, 11) is 0. The molecule has 1 aliphatic rings. The molecule has 3 heteroatoms. The molecule has 0 spiro atoms. The predicted octanol–water partition coefficient (Wildman–Crippen LogP) is 1.72. The number of hydrazone groups is 1. The number of nitrogens with zero attached hydrogens (tertiary/aromatic N) is 1. The van der Waals surface area contributed by atoms with Crippen LogP contribution in [-0.4, -0.2) is 12.8 Å². The van der Waals surface area contributed by atoms with E-state index in [2.05, 4.69) is 34.1 Å². The van der Waals surface area contributed by atoms with E-state index >= 15 is 0 Å². The first-order valence-electron chi connectivity index (χ1n) is 3.45. The van der Waals surface area contributed by atoms with Crippen molar-refractivity contribution in [1.82, 2.24) is 5.43 Å². The van der Waals surface area contributed by atoms with Crippen molar-refractivity contribution in [3.63, 3.8) is 0 Å². The van der Waals surface area contributed by atoms with Gasteiger partial charge in [-0.1, -0.05) is 6.07 Å². The second-order valence-electron chi connectivity index (χ2n) is 2.33. The summed E-state index contributed by atoms with van der Waals surface area (Å²) in [5.41, 5.74) is 4.13. The molecule has 11 heavy (non-hydrogen) atoms. The van der Waals surface area contributed by atoms with Crippen LogP contribution in [-0.2, 0) is 0 Å². The van der Waals surface area contributed by atoms with E-state index in [1.807, 2.05) is 6.21 Å². The van der Waals surface area contributed by atoms with Crippen LogP contribution in [0.5, 0.6) is 0 Å². The van der Waals surface area contributed by atoms with E-state index in [0.29, 0.717) is 0 Å². The summed E-state index contributed by atoms with van der Waals surface area (Å²) < 4.78 is 0. The van der Waals surface area contributed by atoms with E-state index in [1.54, 1.807) is 11.3 Å². The predicted molar refractivity (Wildman–Crippen MR) is 48.8 cm³/mol. The molecule has 2 rings (SSSR count). The number of thiophene rings is 1. The highest BCUT2D eigenvalue weighted by Crippen LogP contribution is 2.13. The van der Waals surface area contributed by atoms with Gasteiger partial charge in [-0.2, -0.15) is 5.10 Å². The average Bonchev–Trinajstić information content (AvgIpc) is 2.60. The highest BCUT2D eigenvalue weighted by Gasteiger charge is 1.98. The zero-order chi connectivity index (χ0) is 7.52. The Hall–Kier alpha value is -1.09. The van der Waals surface area contributed by atoms with Crippen LogP contribution in [0.2, 0.25) is 0 Å². The molecule has 0 bridgehead atoms. The summed E-state index contributed by atoms with van der Waals surface area (Å²) >= 11 is 1.74. The van der Waals surface area contributed by atoms with Crippen LogP contribution in [0.4, 0.5) is 0 Å². The second kappa shape index (κ2) is 2.88. The van der Waals surface area contributed by atoms with E-state index in [1.165, 1.54) is 10.5 Å². The molecule has 0 fully saturated rings. The van der Waals surface area contributed by atoms with Crippen LogP contribution >= 0.6 is 11.3 Å². The molecule has 0 radical (unpaired) electrons. The summed E-state index contributed by atoms with van der Waals surface area (Å²) in [4.78, 5) is 1.29. The van der Waals surface area contributed by atoms with Gasteiger partial charge in [-0.15, -0.1) is 11.3 Å². The lowest BCUT2D eigenvalue weighted by atomic mass is 10.2. The standard InChI is InChI=1S/C8H8N2S/c1-2-8(11-3-1)4-7-5-9-10-6-7/h1-5,10H,6H2. The molecule has 2 nitrogen and oxygen atoms in total. The van der Waals surface area contributed by atoms with Crippen LogP contribution in [0.15, 0.2) is 28.2 Å². The van der Waals surface area contributed by atoms with E-state index < -0.39 is 0 Å². The van der Waals surface area contributed by atoms with Crippen LogP contribution < -0.4 is 5.43 Å². The number of rotatable bonds is 1. The van der Waals surface area contributed by atoms with Gasteiger partial charge in [-0.25, -0.2) is 0 Å². The minimum atomic E-state index is 0.859. The van der Waals surface area contributed by atoms with Gasteiger partial charge in [-0.3, -0.25) is 0 Å². The smallest absolute Gasteiger partial charge is 0.0596 e. The molecule has 56 valence electrons. The van der Waals surface area contributed by atoms with E-state index in [4.69, 9.17) is 0 Å². The molecule has 0 amide bonds. The number of nitrogens with one attached hydrogen (secondary N) is 1. The molecule has 2 heterocycles. The van der Waals surface area contributed by atoms with Crippen molar-refractivity contribution < 1.29 is 0 Å². The summed E-state index contributed by atoms with van der Waals surface area (Å²) in [6.07, 6.45) is 4.01. The van der Waals surface area contributed by atoms with Gasteiger partial charge in [0.05, 0.1) is 12.8 Å². The molecule has 0 aliphatic carbocycles. The second-order valence-corrected chi connectivity index (χ2v) is 3.31. The molecule has 1 aromatic heterocycles. The maximum Gasteiger partial charge on any atom is 0.0596 e. The fourth-order valence-electron chi connectivity index (χ4n) is 0.956. The molecule has 1 aromatic rings. The Balaban J connectivity index is 2.20. The number of hydrogen-bond acceptors (Lipinski definition) is 3. The van der Waals surface area contributed by atoms with E-state index in [-0.39, 0.29) is 0 Å². The Kier molecular flexibility index (Phi) is 1.73. The van der Waals surface area contributed by atoms with Gasteiger partial charge in [0.2, 0.25) is 0 Å². The summed E-state index contributed by atoms with van der Waals surface area (Å²) in [5, 5.41) is 5.98. The Bertz CT molecular complexity index is 285. The van der Waals surface area contributed by atoms with Crippen LogP contribution in [0.3, 0.4) is 0 Å². The average molecular weight is 164 g/mol. The first-order chi connectivity index (χ1) is 5.45. The third-order valence-electron chi connectivity index (χ3n) is 1.48. The van der Waals surface area contributed by atoms with Gasteiger partial charge in [0.1, 0.15) is 0 Å². The first kappa shape index (κ1) is 6.61. The van der Waals surface area contributed by atoms with E-state index in [9.17, 15) is 0 Å². The highest BCUT2D eigenvalue weighted by molar-refractivity contribution is 7.10. The van der Waals surface area contributed by atoms with Crippen LogP contribution in [0.1, 0.15) is 4.88 Å². The molecule has 1 aliphatic heterocycles. The van der Waals surface area contributed by atoms with Crippen molar-refractivity contribution in [2.45, 2.75) is 0 Å². The highest BCUT2D eigenvalue weighted by atomic mass is 32.1. The van der Waals surface area contributed by atoms with Crippen molar-refractivity contribution in [1.29, 1.82) is 0 Å². The van der Waals surface area contributed by atoms with Crippen LogP contribution in [0.25, 0.3) is 6.08 Å². The van der Waals surface area contributed by atoms with Crippen LogP contribution in [0, 0.1) is 0 Å². The summed E-state index contributed by atoms with van der Waals surface area (Å²) in [5.74, 6) is 0. The Morgan fingerprint density at radius 3 is 3.27 bits per heavy atom. The normalized spacial score (nSPS) is 19.1. The largest absolute Gasteiger partial charge is 0.306 e. The molecule has 1 N–H and O–H groups in total. The van der Waals surface area contributed by atoms with Gasteiger partial charge in [0.15, 0.2) is 0 Å².